The zero-order valence-corrected chi connectivity index (χ0v) is 11.2. The Labute approximate surface area is 106 Å². The van der Waals surface area contributed by atoms with Crippen LogP contribution in [-0.2, 0) is 16.6 Å². The molecule has 0 fully saturated rings. The molecule has 0 bridgehead atoms. The quantitative estimate of drug-likeness (QED) is 0.856. The third kappa shape index (κ3) is 2.98. The Balaban J connectivity index is 2.17. The van der Waals surface area contributed by atoms with Crippen molar-refractivity contribution in [1.29, 1.82) is 0 Å². The third-order valence-corrected chi connectivity index (χ3v) is 4.96. The molecule has 0 saturated heterocycles. The van der Waals surface area contributed by atoms with Crippen molar-refractivity contribution in [3.8, 4) is 0 Å². The van der Waals surface area contributed by atoms with Crippen molar-refractivity contribution in [2.45, 2.75) is 24.5 Å². The molecular formula is C12H12FNOS2. The molecule has 0 N–H and O–H groups in total. The molecule has 1 unspecified atom stereocenters. The van der Waals surface area contributed by atoms with Crippen LogP contribution in [0.1, 0.15) is 15.6 Å². The SMILES string of the molecule is Cc1nc(CS(=O)c2cccc(F)c2)sc1C. The Morgan fingerprint density at radius 2 is 2.18 bits per heavy atom. The van der Waals surface area contributed by atoms with Crippen LogP contribution in [0.4, 0.5) is 4.39 Å². The van der Waals surface area contributed by atoms with Gasteiger partial charge in [0, 0.05) is 9.77 Å². The number of rotatable bonds is 3. The lowest BCUT2D eigenvalue weighted by molar-refractivity contribution is 0.622. The summed E-state index contributed by atoms with van der Waals surface area (Å²) in [6.07, 6.45) is 0. The fourth-order valence-electron chi connectivity index (χ4n) is 1.41. The van der Waals surface area contributed by atoms with Crippen molar-refractivity contribution >= 4 is 22.1 Å². The second-order valence-electron chi connectivity index (χ2n) is 3.70. The van der Waals surface area contributed by atoms with E-state index in [-0.39, 0.29) is 5.82 Å². The maximum Gasteiger partial charge on any atom is 0.124 e. The van der Waals surface area contributed by atoms with Gasteiger partial charge in [-0.05, 0) is 32.0 Å². The summed E-state index contributed by atoms with van der Waals surface area (Å²) in [6, 6.07) is 5.90. The van der Waals surface area contributed by atoms with Crippen LogP contribution >= 0.6 is 11.3 Å². The van der Waals surface area contributed by atoms with Crippen LogP contribution in [0.25, 0.3) is 0 Å². The maximum atomic E-state index is 13.0. The largest absolute Gasteiger partial charge is 0.254 e. The summed E-state index contributed by atoms with van der Waals surface area (Å²) in [4.78, 5) is 5.97. The molecule has 1 aromatic heterocycles. The van der Waals surface area contributed by atoms with Crippen LogP contribution < -0.4 is 0 Å². The minimum Gasteiger partial charge on any atom is -0.254 e. The number of hydrogen-bond acceptors (Lipinski definition) is 3. The molecule has 0 aliphatic rings. The number of hydrogen-bond donors (Lipinski definition) is 0. The van der Waals surface area contributed by atoms with Crippen LogP contribution in [0.2, 0.25) is 0 Å². The number of halogens is 1. The van der Waals surface area contributed by atoms with E-state index in [0.29, 0.717) is 10.6 Å². The molecule has 0 radical (unpaired) electrons. The molecule has 5 heteroatoms. The molecule has 0 aliphatic heterocycles. The zero-order chi connectivity index (χ0) is 12.4. The van der Waals surface area contributed by atoms with Gasteiger partial charge in [0.1, 0.15) is 10.8 Å². The highest BCUT2D eigenvalue weighted by atomic mass is 32.2. The predicted octanol–water partition coefficient (Wildman–Crippen LogP) is 3.21. The van der Waals surface area contributed by atoms with Crippen LogP contribution in [0.3, 0.4) is 0 Å². The molecule has 0 saturated carbocycles. The summed E-state index contributed by atoms with van der Waals surface area (Å²) >= 11 is 1.54. The average molecular weight is 269 g/mol. The summed E-state index contributed by atoms with van der Waals surface area (Å²) in [7, 11) is -1.23. The number of thiazole rings is 1. The van der Waals surface area contributed by atoms with Gasteiger partial charge in [-0.2, -0.15) is 0 Å². The maximum absolute atomic E-state index is 13.0. The van der Waals surface area contributed by atoms with E-state index in [1.807, 2.05) is 13.8 Å². The molecule has 0 spiro atoms. The standard InChI is InChI=1S/C12H12FNOS2/c1-8-9(2)16-12(14-8)7-17(15)11-5-3-4-10(13)6-11/h3-6H,7H2,1-2H3. The first kappa shape index (κ1) is 12.4. The highest BCUT2D eigenvalue weighted by Crippen LogP contribution is 2.20. The zero-order valence-electron chi connectivity index (χ0n) is 9.57. The molecular weight excluding hydrogens is 257 g/mol. The first-order valence-corrected chi connectivity index (χ1v) is 7.26. The van der Waals surface area contributed by atoms with Crippen LogP contribution in [0.5, 0.6) is 0 Å². The molecule has 2 aromatic rings. The fourth-order valence-corrected chi connectivity index (χ4v) is 3.62. The van der Waals surface area contributed by atoms with E-state index in [1.54, 1.807) is 23.5 Å². The highest BCUT2D eigenvalue weighted by molar-refractivity contribution is 7.84. The molecule has 2 nitrogen and oxygen atoms in total. The van der Waals surface area contributed by atoms with E-state index in [1.165, 1.54) is 12.1 Å². The van der Waals surface area contributed by atoms with Gasteiger partial charge in [-0.3, -0.25) is 4.21 Å². The fraction of sp³-hybridized carbons (Fsp3) is 0.250. The van der Waals surface area contributed by atoms with Gasteiger partial charge in [0.25, 0.3) is 0 Å². The Morgan fingerprint density at radius 3 is 2.76 bits per heavy atom. The number of benzene rings is 1. The van der Waals surface area contributed by atoms with Gasteiger partial charge in [-0.25, -0.2) is 9.37 Å². The van der Waals surface area contributed by atoms with Gasteiger partial charge in [-0.15, -0.1) is 11.3 Å². The van der Waals surface area contributed by atoms with E-state index in [4.69, 9.17) is 0 Å². The summed E-state index contributed by atoms with van der Waals surface area (Å²) in [5.74, 6) is -0.00894. The Bertz CT molecular complexity index is 546. The van der Waals surface area contributed by atoms with Crippen molar-refractivity contribution in [2.75, 3.05) is 0 Å². The van der Waals surface area contributed by atoms with E-state index >= 15 is 0 Å². The van der Waals surface area contributed by atoms with Crippen LogP contribution in [-0.4, -0.2) is 9.19 Å². The van der Waals surface area contributed by atoms with E-state index in [2.05, 4.69) is 4.98 Å². The molecule has 1 heterocycles. The van der Waals surface area contributed by atoms with Crippen LogP contribution in [0.15, 0.2) is 29.2 Å². The molecule has 17 heavy (non-hydrogen) atoms. The second-order valence-corrected chi connectivity index (χ2v) is 6.44. The molecule has 1 aromatic carbocycles. The number of aromatic nitrogens is 1. The van der Waals surface area contributed by atoms with Gasteiger partial charge < -0.3 is 0 Å². The van der Waals surface area contributed by atoms with Gasteiger partial charge in [0.05, 0.1) is 22.2 Å². The molecule has 1 atom stereocenters. The lowest BCUT2D eigenvalue weighted by Crippen LogP contribution is -1.96. The predicted molar refractivity (Wildman–Crippen MR) is 68.1 cm³/mol. The van der Waals surface area contributed by atoms with Gasteiger partial charge in [0.2, 0.25) is 0 Å². The normalized spacial score (nSPS) is 12.6. The van der Waals surface area contributed by atoms with Gasteiger partial charge in [-0.1, -0.05) is 6.07 Å². The van der Waals surface area contributed by atoms with Crippen molar-refractivity contribution in [3.63, 3.8) is 0 Å². The van der Waals surface area contributed by atoms with Crippen LogP contribution in [0, 0.1) is 19.7 Å². The average Bonchev–Trinajstić information content (AvgIpc) is 2.58. The Kier molecular flexibility index (Phi) is 3.69. The monoisotopic (exact) mass is 269 g/mol. The smallest absolute Gasteiger partial charge is 0.124 e. The molecule has 90 valence electrons. The first-order chi connectivity index (χ1) is 8.06. The third-order valence-electron chi connectivity index (χ3n) is 2.39. The molecule has 0 amide bonds. The minimum atomic E-state index is -1.23. The highest BCUT2D eigenvalue weighted by Gasteiger charge is 2.10. The topological polar surface area (TPSA) is 30.0 Å². The molecule has 2 rings (SSSR count). The lowest BCUT2D eigenvalue weighted by Gasteiger charge is -1.99. The Hall–Kier alpha value is -1.07. The molecule has 0 aliphatic carbocycles. The van der Waals surface area contributed by atoms with E-state index in [0.717, 1.165) is 15.6 Å². The summed E-state index contributed by atoms with van der Waals surface area (Å²) < 4.78 is 25.0. The number of aryl methyl sites for hydroxylation is 2. The lowest BCUT2D eigenvalue weighted by atomic mass is 10.4. The van der Waals surface area contributed by atoms with Crippen molar-refractivity contribution in [2.24, 2.45) is 0 Å². The minimum absolute atomic E-state index is 0.350. The second kappa shape index (κ2) is 5.06. The summed E-state index contributed by atoms with van der Waals surface area (Å²) in [5, 5.41) is 0.836. The summed E-state index contributed by atoms with van der Waals surface area (Å²) in [5.41, 5.74) is 0.973. The van der Waals surface area contributed by atoms with E-state index < -0.39 is 10.8 Å². The van der Waals surface area contributed by atoms with Gasteiger partial charge >= 0.3 is 0 Å². The van der Waals surface area contributed by atoms with Crippen molar-refractivity contribution < 1.29 is 8.60 Å². The van der Waals surface area contributed by atoms with Crippen molar-refractivity contribution in [3.05, 3.63) is 45.7 Å². The van der Waals surface area contributed by atoms with Gasteiger partial charge in [0.15, 0.2) is 0 Å². The number of nitrogens with zero attached hydrogens (tertiary/aromatic N) is 1. The first-order valence-electron chi connectivity index (χ1n) is 5.13. The Morgan fingerprint density at radius 1 is 1.41 bits per heavy atom. The summed E-state index contributed by atoms with van der Waals surface area (Å²) in [6.45, 7) is 3.92. The van der Waals surface area contributed by atoms with E-state index in [9.17, 15) is 8.60 Å². The van der Waals surface area contributed by atoms with Crippen molar-refractivity contribution in [1.82, 2.24) is 4.98 Å².